The molecule has 3 nitrogen and oxygen atoms in total. The Morgan fingerprint density at radius 2 is 2.17 bits per heavy atom. The van der Waals surface area contributed by atoms with Crippen molar-refractivity contribution in [2.45, 2.75) is 19.9 Å². The molecule has 0 amide bonds. The topological polar surface area (TPSA) is 29.0 Å². The van der Waals surface area contributed by atoms with Crippen LogP contribution in [0.4, 0.5) is 0 Å². The third-order valence-corrected chi connectivity index (χ3v) is 1.56. The fraction of sp³-hybridized carbons (Fsp3) is 0.556. The van der Waals surface area contributed by atoms with Crippen molar-refractivity contribution < 1.29 is 0 Å². The van der Waals surface area contributed by atoms with E-state index in [1.54, 1.807) is 0 Å². The molecule has 0 aromatic carbocycles. The summed E-state index contributed by atoms with van der Waals surface area (Å²) in [7, 11) is 4.07. The number of nitrogens with zero attached hydrogens (tertiary/aromatic N) is 3. The second-order valence-corrected chi connectivity index (χ2v) is 3.06. The van der Waals surface area contributed by atoms with E-state index < -0.39 is 0 Å². The minimum Gasteiger partial charge on any atom is -0.304 e. The standard InChI is InChI=1S/C9H15N3/c1-4-9-10-6-5-8(11-9)7-12(2)3/h5-6H,4,7H2,1-3H3. The first-order chi connectivity index (χ1) is 5.72. The maximum absolute atomic E-state index is 4.38. The lowest BCUT2D eigenvalue weighted by atomic mass is 10.3. The van der Waals surface area contributed by atoms with Crippen LogP contribution in [0.2, 0.25) is 0 Å². The summed E-state index contributed by atoms with van der Waals surface area (Å²) in [4.78, 5) is 10.6. The Labute approximate surface area is 73.5 Å². The van der Waals surface area contributed by atoms with Gasteiger partial charge in [0.05, 0.1) is 5.69 Å². The molecule has 0 radical (unpaired) electrons. The quantitative estimate of drug-likeness (QED) is 0.671. The molecule has 12 heavy (non-hydrogen) atoms. The van der Waals surface area contributed by atoms with Crippen molar-refractivity contribution in [3.63, 3.8) is 0 Å². The Morgan fingerprint density at radius 3 is 2.75 bits per heavy atom. The van der Waals surface area contributed by atoms with Crippen LogP contribution in [0.25, 0.3) is 0 Å². The highest BCUT2D eigenvalue weighted by molar-refractivity contribution is 5.01. The van der Waals surface area contributed by atoms with Crippen LogP contribution in [-0.4, -0.2) is 29.0 Å². The average Bonchev–Trinajstić information content (AvgIpc) is 2.03. The molecule has 1 aromatic rings. The van der Waals surface area contributed by atoms with E-state index >= 15 is 0 Å². The van der Waals surface area contributed by atoms with E-state index in [1.807, 2.05) is 26.4 Å². The second-order valence-electron chi connectivity index (χ2n) is 3.06. The lowest BCUT2D eigenvalue weighted by molar-refractivity contribution is 0.396. The summed E-state index contributed by atoms with van der Waals surface area (Å²) in [5, 5.41) is 0. The molecule has 0 saturated carbocycles. The molecule has 0 aliphatic heterocycles. The maximum Gasteiger partial charge on any atom is 0.128 e. The predicted molar refractivity (Wildman–Crippen MR) is 48.8 cm³/mol. The summed E-state index contributed by atoms with van der Waals surface area (Å²) in [6.07, 6.45) is 2.73. The first-order valence-electron chi connectivity index (χ1n) is 4.18. The molecule has 0 N–H and O–H groups in total. The van der Waals surface area contributed by atoms with Crippen LogP contribution in [0.3, 0.4) is 0 Å². The van der Waals surface area contributed by atoms with Gasteiger partial charge in [0.2, 0.25) is 0 Å². The monoisotopic (exact) mass is 165 g/mol. The molecule has 0 atom stereocenters. The molecule has 1 rings (SSSR count). The van der Waals surface area contributed by atoms with E-state index in [0.29, 0.717) is 0 Å². The van der Waals surface area contributed by atoms with Crippen LogP contribution < -0.4 is 0 Å². The summed E-state index contributed by atoms with van der Waals surface area (Å²) in [6.45, 7) is 2.95. The van der Waals surface area contributed by atoms with Crippen LogP contribution in [0.5, 0.6) is 0 Å². The van der Waals surface area contributed by atoms with Crippen LogP contribution >= 0.6 is 0 Å². The highest BCUT2D eigenvalue weighted by atomic mass is 15.1. The Balaban J connectivity index is 2.72. The summed E-state index contributed by atoms with van der Waals surface area (Å²) >= 11 is 0. The smallest absolute Gasteiger partial charge is 0.128 e. The Hall–Kier alpha value is -0.960. The predicted octanol–water partition coefficient (Wildman–Crippen LogP) is 1.10. The Kier molecular flexibility index (Phi) is 3.17. The summed E-state index contributed by atoms with van der Waals surface area (Å²) in [5.74, 6) is 0.925. The van der Waals surface area contributed by atoms with Gasteiger partial charge in [-0.25, -0.2) is 9.97 Å². The highest BCUT2D eigenvalue weighted by Gasteiger charge is 1.97. The van der Waals surface area contributed by atoms with Crippen molar-refractivity contribution in [1.82, 2.24) is 14.9 Å². The van der Waals surface area contributed by atoms with Crippen LogP contribution in [-0.2, 0) is 13.0 Å². The zero-order valence-electron chi connectivity index (χ0n) is 7.91. The largest absolute Gasteiger partial charge is 0.304 e. The summed E-state index contributed by atoms with van der Waals surface area (Å²) < 4.78 is 0. The molecule has 0 aliphatic carbocycles. The molecule has 66 valence electrons. The molecule has 1 aromatic heterocycles. The van der Waals surface area contributed by atoms with Crippen molar-refractivity contribution in [3.8, 4) is 0 Å². The molecule has 0 spiro atoms. The van der Waals surface area contributed by atoms with Gasteiger partial charge in [0.15, 0.2) is 0 Å². The number of rotatable bonds is 3. The molecule has 0 saturated heterocycles. The molecule has 1 heterocycles. The molecule has 0 aliphatic rings. The molecule has 0 bridgehead atoms. The Bertz CT molecular complexity index is 245. The van der Waals surface area contributed by atoms with Crippen molar-refractivity contribution in [2.24, 2.45) is 0 Å². The third-order valence-electron chi connectivity index (χ3n) is 1.56. The molecule has 3 heteroatoms. The first kappa shape index (κ1) is 9.13. The van der Waals surface area contributed by atoms with E-state index in [9.17, 15) is 0 Å². The fourth-order valence-corrected chi connectivity index (χ4v) is 1.02. The first-order valence-corrected chi connectivity index (χ1v) is 4.18. The lowest BCUT2D eigenvalue weighted by Crippen LogP contribution is -2.12. The number of aromatic nitrogens is 2. The van der Waals surface area contributed by atoms with E-state index in [-0.39, 0.29) is 0 Å². The normalized spacial score (nSPS) is 10.7. The maximum atomic E-state index is 4.38. The van der Waals surface area contributed by atoms with Gasteiger partial charge in [0.1, 0.15) is 5.82 Å². The molecule has 0 fully saturated rings. The number of hydrogen-bond acceptors (Lipinski definition) is 3. The van der Waals surface area contributed by atoms with E-state index in [0.717, 1.165) is 24.5 Å². The lowest BCUT2D eigenvalue weighted by Gasteiger charge is -2.08. The molecular formula is C9H15N3. The number of aryl methyl sites for hydroxylation is 1. The second kappa shape index (κ2) is 4.16. The van der Waals surface area contributed by atoms with Crippen molar-refractivity contribution in [3.05, 3.63) is 23.8 Å². The van der Waals surface area contributed by atoms with Crippen LogP contribution in [0.1, 0.15) is 18.4 Å². The zero-order valence-corrected chi connectivity index (χ0v) is 7.91. The SMILES string of the molecule is CCc1nccc(CN(C)C)n1. The summed E-state index contributed by atoms with van der Waals surface area (Å²) in [5.41, 5.74) is 1.09. The minimum absolute atomic E-state index is 0.884. The van der Waals surface area contributed by atoms with Gasteiger partial charge in [0, 0.05) is 19.2 Å². The van der Waals surface area contributed by atoms with Gasteiger partial charge < -0.3 is 4.90 Å². The van der Waals surface area contributed by atoms with E-state index in [1.165, 1.54) is 0 Å². The summed E-state index contributed by atoms with van der Waals surface area (Å²) in [6, 6.07) is 1.96. The van der Waals surface area contributed by atoms with Gasteiger partial charge in [-0.15, -0.1) is 0 Å². The molecular weight excluding hydrogens is 150 g/mol. The average molecular weight is 165 g/mol. The van der Waals surface area contributed by atoms with Gasteiger partial charge in [-0.1, -0.05) is 6.92 Å². The van der Waals surface area contributed by atoms with Crippen LogP contribution in [0.15, 0.2) is 12.3 Å². The fourth-order valence-electron chi connectivity index (χ4n) is 1.02. The van der Waals surface area contributed by atoms with Crippen LogP contribution in [0, 0.1) is 0 Å². The van der Waals surface area contributed by atoms with Gasteiger partial charge in [-0.05, 0) is 20.2 Å². The van der Waals surface area contributed by atoms with E-state index in [2.05, 4.69) is 21.8 Å². The van der Waals surface area contributed by atoms with Gasteiger partial charge >= 0.3 is 0 Å². The van der Waals surface area contributed by atoms with Gasteiger partial charge in [0.25, 0.3) is 0 Å². The minimum atomic E-state index is 0.884. The zero-order chi connectivity index (χ0) is 8.97. The van der Waals surface area contributed by atoms with Crippen molar-refractivity contribution in [2.75, 3.05) is 14.1 Å². The van der Waals surface area contributed by atoms with Gasteiger partial charge in [-0.2, -0.15) is 0 Å². The third kappa shape index (κ3) is 2.58. The number of hydrogen-bond donors (Lipinski definition) is 0. The van der Waals surface area contributed by atoms with Gasteiger partial charge in [-0.3, -0.25) is 0 Å². The van der Waals surface area contributed by atoms with Crippen molar-refractivity contribution >= 4 is 0 Å². The Morgan fingerprint density at radius 1 is 1.42 bits per heavy atom. The highest BCUT2D eigenvalue weighted by Crippen LogP contribution is 1.98. The van der Waals surface area contributed by atoms with E-state index in [4.69, 9.17) is 0 Å². The molecule has 0 unspecified atom stereocenters. The van der Waals surface area contributed by atoms with Crippen molar-refractivity contribution in [1.29, 1.82) is 0 Å².